The van der Waals surface area contributed by atoms with E-state index in [9.17, 15) is 8.42 Å². The predicted octanol–water partition coefficient (Wildman–Crippen LogP) is 1.45. The zero-order valence-corrected chi connectivity index (χ0v) is 13.5. The maximum Gasteiger partial charge on any atom is 0.248 e. The van der Waals surface area contributed by atoms with Crippen molar-refractivity contribution in [3.05, 3.63) is 11.5 Å². The molecule has 0 radical (unpaired) electrons. The van der Waals surface area contributed by atoms with Crippen LogP contribution in [0.2, 0.25) is 0 Å². The zero-order valence-electron chi connectivity index (χ0n) is 12.7. The molecule has 1 N–H and O–H groups in total. The monoisotopic (exact) mass is 313 g/mol. The van der Waals surface area contributed by atoms with E-state index in [1.54, 1.807) is 18.2 Å². The second kappa shape index (κ2) is 5.37. The van der Waals surface area contributed by atoms with Crippen LogP contribution in [0.15, 0.2) is 9.42 Å². The molecule has 2 fully saturated rings. The van der Waals surface area contributed by atoms with E-state index in [2.05, 4.69) is 10.5 Å². The summed E-state index contributed by atoms with van der Waals surface area (Å²) in [7, 11) is -3.51. The first kappa shape index (κ1) is 15.0. The van der Waals surface area contributed by atoms with Crippen LogP contribution in [0, 0.1) is 19.3 Å². The van der Waals surface area contributed by atoms with Crippen LogP contribution in [0.25, 0.3) is 0 Å². The Kier molecular flexibility index (Phi) is 3.83. The largest absolute Gasteiger partial charge is 0.360 e. The fourth-order valence-electron chi connectivity index (χ4n) is 3.72. The summed E-state index contributed by atoms with van der Waals surface area (Å²) in [6.45, 7) is 6.50. The van der Waals surface area contributed by atoms with E-state index in [0.29, 0.717) is 24.5 Å². The van der Waals surface area contributed by atoms with Gasteiger partial charge in [-0.15, -0.1) is 0 Å². The highest BCUT2D eigenvalue weighted by Crippen LogP contribution is 2.38. The van der Waals surface area contributed by atoms with Crippen LogP contribution in [0.1, 0.15) is 37.1 Å². The van der Waals surface area contributed by atoms with Crippen molar-refractivity contribution < 1.29 is 12.9 Å². The molecule has 2 saturated heterocycles. The van der Waals surface area contributed by atoms with Gasteiger partial charge in [-0.25, -0.2) is 8.42 Å². The van der Waals surface area contributed by atoms with Gasteiger partial charge in [-0.1, -0.05) is 5.16 Å². The lowest BCUT2D eigenvalue weighted by molar-refractivity contribution is 0.110. The highest BCUT2D eigenvalue weighted by molar-refractivity contribution is 7.89. The fourth-order valence-corrected chi connectivity index (χ4v) is 5.60. The van der Waals surface area contributed by atoms with E-state index in [1.807, 2.05) is 0 Å². The second-order valence-corrected chi connectivity index (χ2v) is 8.25. The molecule has 0 aromatic carbocycles. The molecule has 0 saturated carbocycles. The van der Waals surface area contributed by atoms with Crippen molar-refractivity contribution in [2.45, 2.75) is 44.4 Å². The van der Waals surface area contributed by atoms with E-state index < -0.39 is 10.0 Å². The number of sulfonamides is 1. The van der Waals surface area contributed by atoms with Gasteiger partial charge in [-0.05, 0) is 51.5 Å². The lowest BCUT2D eigenvalue weighted by Gasteiger charge is -2.44. The van der Waals surface area contributed by atoms with Gasteiger partial charge in [0, 0.05) is 19.6 Å². The number of piperidine rings is 2. The number of aryl methyl sites for hydroxylation is 2. The first-order valence-electron chi connectivity index (χ1n) is 7.58. The van der Waals surface area contributed by atoms with E-state index in [0.717, 1.165) is 38.8 Å². The highest BCUT2D eigenvalue weighted by atomic mass is 32.2. The van der Waals surface area contributed by atoms with Crippen LogP contribution in [-0.4, -0.2) is 44.1 Å². The Morgan fingerprint density at radius 2 is 2.05 bits per heavy atom. The van der Waals surface area contributed by atoms with Crippen molar-refractivity contribution in [3.8, 4) is 0 Å². The Balaban J connectivity index is 1.89. The van der Waals surface area contributed by atoms with Crippen molar-refractivity contribution in [2.75, 3.05) is 26.2 Å². The van der Waals surface area contributed by atoms with E-state index in [4.69, 9.17) is 4.52 Å². The maximum absolute atomic E-state index is 12.9. The number of nitrogens with zero attached hydrogens (tertiary/aromatic N) is 2. The molecule has 1 unspecified atom stereocenters. The van der Waals surface area contributed by atoms with Gasteiger partial charge < -0.3 is 9.84 Å². The third-order valence-corrected chi connectivity index (χ3v) is 6.84. The number of nitrogens with one attached hydrogen (secondary N) is 1. The number of rotatable bonds is 2. The maximum atomic E-state index is 12.9. The lowest BCUT2D eigenvalue weighted by Crippen LogP contribution is -2.52. The normalized spacial score (nSPS) is 28.1. The van der Waals surface area contributed by atoms with Gasteiger partial charge in [-0.3, -0.25) is 0 Å². The SMILES string of the molecule is Cc1noc(C)c1S(=O)(=O)N1CCCC2(CCCNC2)C1. The molecule has 0 amide bonds. The standard InChI is InChI=1S/C14H23N3O3S/c1-11-13(12(2)20-16-11)21(18,19)17-8-4-6-14(10-17)5-3-7-15-9-14/h15H,3-10H2,1-2H3. The molecule has 0 aliphatic carbocycles. The van der Waals surface area contributed by atoms with Crippen LogP contribution < -0.4 is 5.32 Å². The van der Waals surface area contributed by atoms with Crippen LogP contribution in [0.5, 0.6) is 0 Å². The molecular weight excluding hydrogens is 290 g/mol. The molecular formula is C14H23N3O3S. The summed E-state index contributed by atoms with van der Waals surface area (Å²) < 4.78 is 32.5. The van der Waals surface area contributed by atoms with Crippen molar-refractivity contribution in [1.29, 1.82) is 0 Å². The Bertz CT molecular complexity index is 592. The van der Waals surface area contributed by atoms with Gasteiger partial charge in [-0.2, -0.15) is 4.31 Å². The summed E-state index contributed by atoms with van der Waals surface area (Å²) in [5, 5.41) is 7.21. The third kappa shape index (κ3) is 2.62. The van der Waals surface area contributed by atoms with Crippen molar-refractivity contribution in [2.24, 2.45) is 5.41 Å². The molecule has 7 heteroatoms. The molecule has 21 heavy (non-hydrogen) atoms. The molecule has 3 heterocycles. The first-order valence-corrected chi connectivity index (χ1v) is 9.02. The van der Waals surface area contributed by atoms with E-state index in [1.165, 1.54) is 0 Å². The molecule has 3 rings (SSSR count). The minimum absolute atomic E-state index is 0.0997. The minimum Gasteiger partial charge on any atom is -0.360 e. The number of aromatic nitrogens is 1. The summed E-state index contributed by atoms with van der Waals surface area (Å²) in [4.78, 5) is 0.253. The van der Waals surface area contributed by atoms with Crippen molar-refractivity contribution >= 4 is 10.0 Å². The summed E-state index contributed by atoms with van der Waals surface area (Å²) in [5.74, 6) is 0.383. The molecule has 2 aliphatic rings. The van der Waals surface area contributed by atoms with E-state index in [-0.39, 0.29) is 10.3 Å². The second-order valence-electron chi connectivity index (χ2n) is 6.38. The Morgan fingerprint density at radius 3 is 2.67 bits per heavy atom. The van der Waals surface area contributed by atoms with Crippen molar-refractivity contribution in [3.63, 3.8) is 0 Å². The molecule has 118 valence electrons. The average molecular weight is 313 g/mol. The summed E-state index contributed by atoms with van der Waals surface area (Å²) in [5.41, 5.74) is 0.552. The van der Waals surface area contributed by atoms with Gasteiger partial charge in [0.2, 0.25) is 10.0 Å². The average Bonchev–Trinajstić information content (AvgIpc) is 2.79. The zero-order chi connectivity index (χ0) is 15.1. The van der Waals surface area contributed by atoms with E-state index >= 15 is 0 Å². The number of hydrogen-bond acceptors (Lipinski definition) is 5. The minimum atomic E-state index is -3.51. The van der Waals surface area contributed by atoms with Crippen LogP contribution in [0.4, 0.5) is 0 Å². The third-order valence-electron chi connectivity index (χ3n) is 4.75. The molecule has 1 spiro atoms. The van der Waals surface area contributed by atoms with Gasteiger partial charge >= 0.3 is 0 Å². The van der Waals surface area contributed by atoms with Gasteiger partial charge in [0.25, 0.3) is 0 Å². The Labute approximate surface area is 125 Å². The smallest absolute Gasteiger partial charge is 0.248 e. The first-order chi connectivity index (χ1) is 9.95. The molecule has 1 atom stereocenters. The molecule has 0 bridgehead atoms. The fraction of sp³-hybridized carbons (Fsp3) is 0.786. The van der Waals surface area contributed by atoms with Gasteiger partial charge in [0.1, 0.15) is 10.6 Å². The van der Waals surface area contributed by atoms with Gasteiger partial charge in [0.05, 0.1) is 0 Å². The molecule has 1 aromatic rings. The summed E-state index contributed by atoms with van der Waals surface area (Å²) >= 11 is 0. The lowest BCUT2D eigenvalue weighted by atomic mass is 9.75. The summed E-state index contributed by atoms with van der Waals surface area (Å²) in [6.07, 6.45) is 4.25. The number of hydrogen-bond donors (Lipinski definition) is 1. The predicted molar refractivity (Wildman–Crippen MR) is 78.5 cm³/mol. The molecule has 1 aromatic heterocycles. The molecule has 6 nitrogen and oxygen atoms in total. The Hall–Kier alpha value is -0.920. The molecule has 2 aliphatic heterocycles. The van der Waals surface area contributed by atoms with Gasteiger partial charge in [0.15, 0.2) is 5.76 Å². The highest BCUT2D eigenvalue weighted by Gasteiger charge is 2.42. The van der Waals surface area contributed by atoms with Crippen LogP contribution in [-0.2, 0) is 10.0 Å². The summed E-state index contributed by atoms with van der Waals surface area (Å²) in [6, 6.07) is 0. The van der Waals surface area contributed by atoms with Crippen molar-refractivity contribution in [1.82, 2.24) is 14.8 Å². The topological polar surface area (TPSA) is 75.4 Å². The Morgan fingerprint density at radius 1 is 1.29 bits per heavy atom. The quantitative estimate of drug-likeness (QED) is 0.894. The van der Waals surface area contributed by atoms with Crippen LogP contribution >= 0.6 is 0 Å². The van der Waals surface area contributed by atoms with Crippen LogP contribution in [0.3, 0.4) is 0 Å².